The standard InChI is InChI=1S/C74H50N2S/c1-6-19-49(20-7-1)63-37-33-56(45-67(63)51-23-10-3-11-24-51)61-42-60(43-62(44-61)57-34-38-64(50-21-8-2-9-22-50)68(46-57)52-25-12-4-13-26-52)55-30-18-31-58(41-55)70-48-69(54-28-14-5-15-29-54)75-74(76-70)59-35-39-66-72(47-59)77-71-40-36-53-27-16-17-32-65(53)73(66)71/h1-8,10-21,23-48H,9,22H2. The second kappa shape index (κ2) is 20.0. The lowest BCUT2D eigenvalue weighted by molar-refractivity contribution is 1.05. The Hall–Kier alpha value is -9.54. The molecule has 2 aromatic heterocycles. The Kier molecular flexibility index (Phi) is 11.9. The van der Waals surface area contributed by atoms with Crippen molar-refractivity contribution in [1.82, 2.24) is 9.97 Å². The van der Waals surface area contributed by atoms with E-state index in [9.17, 15) is 0 Å². The highest BCUT2D eigenvalue weighted by Crippen LogP contribution is 2.43. The van der Waals surface area contributed by atoms with Crippen molar-refractivity contribution < 1.29 is 0 Å². The second-order valence-corrected chi connectivity index (χ2v) is 21.0. The average molecular weight is 999 g/mol. The van der Waals surface area contributed by atoms with Gasteiger partial charge in [-0.1, -0.05) is 224 Å². The van der Waals surface area contributed by atoms with Crippen molar-refractivity contribution in [2.75, 3.05) is 0 Å². The fourth-order valence-electron chi connectivity index (χ4n) is 11.3. The van der Waals surface area contributed by atoms with Gasteiger partial charge in [0.25, 0.3) is 0 Å². The molecule has 0 spiro atoms. The minimum absolute atomic E-state index is 0.700. The van der Waals surface area contributed by atoms with Gasteiger partial charge in [0.2, 0.25) is 0 Å². The summed E-state index contributed by atoms with van der Waals surface area (Å²) in [7, 11) is 0. The molecule has 0 aliphatic heterocycles. The molecule has 0 saturated heterocycles. The van der Waals surface area contributed by atoms with Gasteiger partial charge in [-0.15, -0.1) is 11.3 Å². The Bertz CT molecular complexity index is 4420. The summed E-state index contributed by atoms with van der Waals surface area (Å²) in [6.07, 6.45) is 8.82. The van der Waals surface area contributed by atoms with Gasteiger partial charge in [0.05, 0.1) is 11.4 Å². The maximum absolute atomic E-state index is 5.42. The molecule has 1 aliphatic carbocycles. The first-order valence-corrected chi connectivity index (χ1v) is 27.3. The van der Waals surface area contributed by atoms with Crippen molar-refractivity contribution in [3.8, 4) is 101 Å². The first-order valence-electron chi connectivity index (χ1n) is 26.5. The fourth-order valence-corrected chi connectivity index (χ4v) is 12.5. The van der Waals surface area contributed by atoms with Gasteiger partial charge in [-0.2, -0.15) is 0 Å². The molecule has 0 amide bonds. The SMILES string of the molecule is C1=CCCC(c2ccc(-c3cc(-c4cccc(-c5cc(-c6ccccc6)nc(-c6ccc7c(c6)sc6ccc8ccccc8c67)n5)c4)cc(-c4ccc(-c5ccccc5)c(-c5ccccc5)c4)c3)cc2-c2ccccc2)=C1. The summed E-state index contributed by atoms with van der Waals surface area (Å²) in [6.45, 7) is 0. The number of fused-ring (bicyclic) bond motifs is 5. The number of allylic oxidation sites excluding steroid dienone is 4. The van der Waals surface area contributed by atoms with Crippen molar-refractivity contribution in [3.05, 3.63) is 285 Å². The molecule has 0 bridgehead atoms. The van der Waals surface area contributed by atoms with Crippen LogP contribution in [0.2, 0.25) is 0 Å². The summed E-state index contributed by atoms with van der Waals surface area (Å²) in [5.41, 5.74) is 21.5. The third-order valence-corrected chi connectivity index (χ3v) is 16.3. The third-order valence-electron chi connectivity index (χ3n) is 15.2. The Labute approximate surface area is 453 Å². The zero-order valence-electron chi connectivity index (χ0n) is 42.3. The molecule has 0 fully saturated rings. The van der Waals surface area contributed by atoms with Crippen LogP contribution in [0.25, 0.3) is 137 Å². The van der Waals surface area contributed by atoms with E-state index in [2.05, 4.69) is 279 Å². The number of aromatic nitrogens is 2. The van der Waals surface area contributed by atoms with Crippen molar-refractivity contribution in [2.24, 2.45) is 0 Å². The number of rotatable bonds is 10. The van der Waals surface area contributed by atoms with Crippen molar-refractivity contribution >= 4 is 47.9 Å². The highest BCUT2D eigenvalue weighted by atomic mass is 32.1. The molecule has 0 N–H and O–H groups in total. The molecule has 0 radical (unpaired) electrons. The van der Waals surface area contributed by atoms with Gasteiger partial charge in [0.1, 0.15) is 0 Å². The molecular weight excluding hydrogens is 949 g/mol. The van der Waals surface area contributed by atoms with Crippen molar-refractivity contribution in [1.29, 1.82) is 0 Å². The Morgan fingerprint density at radius 3 is 1.48 bits per heavy atom. The van der Waals surface area contributed by atoms with Gasteiger partial charge in [0, 0.05) is 36.9 Å². The molecular formula is C74H50N2S. The lowest BCUT2D eigenvalue weighted by Crippen LogP contribution is -1.96. The van der Waals surface area contributed by atoms with Crippen LogP contribution in [0.4, 0.5) is 0 Å². The van der Waals surface area contributed by atoms with Crippen LogP contribution >= 0.6 is 11.3 Å². The second-order valence-electron chi connectivity index (χ2n) is 20.0. The summed E-state index contributed by atoms with van der Waals surface area (Å²) in [6, 6.07) is 95.0. The maximum Gasteiger partial charge on any atom is 0.160 e. The Morgan fingerprint density at radius 1 is 0.312 bits per heavy atom. The number of nitrogens with zero attached hydrogens (tertiary/aromatic N) is 2. The van der Waals surface area contributed by atoms with Gasteiger partial charge in [-0.05, 0) is 156 Å². The van der Waals surface area contributed by atoms with E-state index >= 15 is 0 Å². The minimum atomic E-state index is 0.700. The quantitative estimate of drug-likeness (QED) is 0.136. The lowest BCUT2D eigenvalue weighted by atomic mass is 9.86. The van der Waals surface area contributed by atoms with Crippen LogP contribution in [0.3, 0.4) is 0 Å². The third kappa shape index (κ3) is 8.97. The highest BCUT2D eigenvalue weighted by Gasteiger charge is 2.19. The molecule has 77 heavy (non-hydrogen) atoms. The molecule has 0 atom stereocenters. The molecule has 14 rings (SSSR count). The first kappa shape index (κ1) is 46.0. The van der Waals surface area contributed by atoms with Gasteiger partial charge < -0.3 is 0 Å². The zero-order chi connectivity index (χ0) is 51.1. The normalized spacial score (nSPS) is 12.3. The molecule has 0 unspecified atom stereocenters. The van der Waals surface area contributed by atoms with E-state index in [4.69, 9.17) is 9.97 Å². The molecule has 13 aromatic rings. The smallest absolute Gasteiger partial charge is 0.160 e. The van der Waals surface area contributed by atoms with Crippen molar-refractivity contribution in [2.45, 2.75) is 12.8 Å². The first-order chi connectivity index (χ1) is 38.1. The number of thiophene rings is 1. The monoisotopic (exact) mass is 998 g/mol. The molecule has 11 aromatic carbocycles. The Morgan fingerprint density at radius 2 is 0.831 bits per heavy atom. The topological polar surface area (TPSA) is 25.8 Å². The van der Waals surface area contributed by atoms with Crippen LogP contribution in [0, 0.1) is 0 Å². The summed E-state index contributed by atoms with van der Waals surface area (Å²) >= 11 is 1.83. The predicted octanol–water partition coefficient (Wildman–Crippen LogP) is 20.7. The average Bonchev–Trinajstić information content (AvgIpc) is 3.93. The molecule has 2 nitrogen and oxygen atoms in total. The van der Waals surface area contributed by atoms with Gasteiger partial charge >= 0.3 is 0 Å². The Balaban J connectivity index is 0.930. The van der Waals surface area contributed by atoms with Crippen LogP contribution in [0.1, 0.15) is 18.4 Å². The van der Waals surface area contributed by atoms with Crippen LogP contribution in [-0.2, 0) is 0 Å². The van der Waals surface area contributed by atoms with Gasteiger partial charge in [-0.25, -0.2) is 9.97 Å². The van der Waals surface area contributed by atoms with E-state index in [0.717, 1.165) is 68.7 Å². The molecule has 1 aliphatic rings. The predicted molar refractivity (Wildman–Crippen MR) is 328 cm³/mol. The van der Waals surface area contributed by atoms with E-state index in [1.165, 1.54) is 81.0 Å². The van der Waals surface area contributed by atoms with E-state index < -0.39 is 0 Å². The summed E-state index contributed by atoms with van der Waals surface area (Å²) in [5, 5.41) is 5.10. The minimum Gasteiger partial charge on any atom is -0.228 e. The van der Waals surface area contributed by atoms with Crippen LogP contribution < -0.4 is 0 Å². The number of hydrogen-bond acceptors (Lipinski definition) is 3. The molecule has 3 heteroatoms. The summed E-state index contributed by atoms with van der Waals surface area (Å²) < 4.78 is 2.50. The number of hydrogen-bond donors (Lipinski definition) is 0. The molecule has 362 valence electrons. The van der Waals surface area contributed by atoms with Gasteiger partial charge in [0.15, 0.2) is 5.82 Å². The van der Waals surface area contributed by atoms with E-state index in [1.54, 1.807) is 0 Å². The fraction of sp³-hybridized carbons (Fsp3) is 0.0270. The van der Waals surface area contributed by atoms with Crippen LogP contribution in [0.5, 0.6) is 0 Å². The molecule has 2 heterocycles. The zero-order valence-corrected chi connectivity index (χ0v) is 43.1. The highest BCUT2D eigenvalue weighted by molar-refractivity contribution is 7.26. The lowest BCUT2D eigenvalue weighted by Gasteiger charge is -2.18. The van der Waals surface area contributed by atoms with Crippen LogP contribution in [-0.4, -0.2) is 9.97 Å². The van der Waals surface area contributed by atoms with E-state index in [-0.39, 0.29) is 0 Å². The summed E-state index contributed by atoms with van der Waals surface area (Å²) in [4.78, 5) is 10.7. The molecule has 0 saturated carbocycles. The van der Waals surface area contributed by atoms with Crippen molar-refractivity contribution in [3.63, 3.8) is 0 Å². The number of benzene rings is 11. The van der Waals surface area contributed by atoms with Crippen LogP contribution in [0.15, 0.2) is 279 Å². The summed E-state index contributed by atoms with van der Waals surface area (Å²) in [5.74, 6) is 0.700. The van der Waals surface area contributed by atoms with E-state index in [1.807, 2.05) is 11.3 Å². The van der Waals surface area contributed by atoms with E-state index in [0.29, 0.717) is 5.82 Å². The maximum atomic E-state index is 5.42. The largest absolute Gasteiger partial charge is 0.228 e. The van der Waals surface area contributed by atoms with Gasteiger partial charge in [-0.3, -0.25) is 0 Å².